The molecule has 1 fully saturated rings. The fourth-order valence-corrected chi connectivity index (χ4v) is 6.07. The number of rotatable bonds is 6. The highest BCUT2D eigenvalue weighted by Gasteiger charge is 2.31. The van der Waals surface area contributed by atoms with Crippen LogP contribution >= 0.6 is 11.8 Å². The normalized spacial score (nSPS) is 16.8. The molecular formula is C21H23N3O5S2. The molecule has 0 radical (unpaired) electrons. The lowest BCUT2D eigenvalue weighted by atomic mass is 10.2. The molecule has 0 spiro atoms. The van der Waals surface area contributed by atoms with Crippen molar-refractivity contribution in [1.82, 2.24) is 4.31 Å². The zero-order chi connectivity index (χ0) is 22.0. The molecule has 0 unspecified atom stereocenters. The van der Waals surface area contributed by atoms with E-state index in [9.17, 15) is 18.0 Å². The largest absolute Gasteiger partial charge is 0.497 e. The highest BCUT2D eigenvalue weighted by molar-refractivity contribution is 8.00. The van der Waals surface area contributed by atoms with Crippen molar-refractivity contribution in [3.8, 4) is 5.75 Å². The lowest BCUT2D eigenvalue weighted by Gasteiger charge is -2.29. The molecule has 2 heterocycles. The number of fused-ring (bicyclic) bond motifs is 1. The molecule has 8 nitrogen and oxygen atoms in total. The molecule has 0 saturated carbocycles. The number of sulfonamides is 1. The van der Waals surface area contributed by atoms with Crippen LogP contribution in [0.25, 0.3) is 0 Å². The monoisotopic (exact) mass is 461 g/mol. The Bertz CT molecular complexity index is 1100. The first kappa shape index (κ1) is 21.7. The summed E-state index contributed by atoms with van der Waals surface area (Å²) in [5.41, 5.74) is 1.03. The number of nitrogens with zero attached hydrogens (tertiary/aromatic N) is 2. The van der Waals surface area contributed by atoms with Gasteiger partial charge in [0.25, 0.3) is 0 Å². The Balaban J connectivity index is 1.56. The molecule has 0 bridgehead atoms. The molecule has 0 atom stereocenters. The maximum Gasteiger partial charge on any atom is 0.244 e. The van der Waals surface area contributed by atoms with Crippen molar-refractivity contribution >= 4 is 45.0 Å². The molecular weight excluding hydrogens is 438 g/mol. The van der Waals surface area contributed by atoms with Gasteiger partial charge in [-0.1, -0.05) is 0 Å². The number of methoxy groups -OCH3 is 1. The van der Waals surface area contributed by atoms with Crippen LogP contribution < -0.4 is 15.0 Å². The van der Waals surface area contributed by atoms with Crippen LogP contribution in [0.15, 0.2) is 52.3 Å². The molecule has 4 rings (SSSR count). The number of anilines is 2. The first-order chi connectivity index (χ1) is 14.9. The van der Waals surface area contributed by atoms with Crippen LogP contribution in [-0.4, -0.2) is 57.0 Å². The van der Waals surface area contributed by atoms with Gasteiger partial charge in [0.15, 0.2) is 0 Å². The van der Waals surface area contributed by atoms with Crippen LogP contribution in [-0.2, 0) is 19.6 Å². The van der Waals surface area contributed by atoms with E-state index in [4.69, 9.17) is 4.74 Å². The Morgan fingerprint density at radius 3 is 2.52 bits per heavy atom. The molecule has 1 N–H and O–H groups in total. The Labute approximate surface area is 185 Å². The summed E-state index contributed by atoms with van der Waals surface area (Å²) in [4.78, 5) is 27.5. The average molecular weight is 462 g/mol. The van der Waals surface area contributed by atoms with Gasteiger partial charge in [-0.05, 0) is 55.3 Å². The van der Waals surface area contributed by atoms with Gasteiger partial charge in [-0.2, -0.15) is 4.31 Å². The summed E-state index contributed by atoms with van der Waals surface area (Å²) in [6, 6.07) is 11.7. The van der Waals surface area contributed by atoms with Gasteiger partial charge in [-0.15, -0.1) is 11.8 Å². The molecule has 31 heavy (non-hydrogen) atoms. The van der Waals surface area contributed by atoms with Gasteiger partial charge in [0, 0.05) is 23.7 Å². The Kier molecular flexibility index (Phi) is 6.22. The molecule has 0 aromatic heterocycles. The minimum absolute atomic E-state index is 0.143. The smallest absolute Gasteiger partial charge is 0.244 e. The molecule has 2 aliphatic rings. The highest BCUT2D eigenvalue weighted by Crippen LogP contribution is 2.37. The van der Waals surface area contributed by atoms with Gasteiger partial charge < -0.3 is 15.0 Å². The van der Waals surface area contributed by atoms with E-state index in [2.05, 4.69) is 5.32 Å². The second-order valence-corrected chi connectivity index (χ2v) is 10.2. The van der Waals surface area contributed by atoms with Crippen molar-refractivity contribution in [2.45, 2.75) is 22.6 Å². The van der Waals surface area contributed by atoms with E-state index in [1.165, 1.54) is 27.0 Å². The second-order valence-electron chi connectivity index (χ2n) is 7.29. The topological polar surface area (TPSA) is 96.0 Å². The summed E-state index contributed by atoms with van der Waals surface area (Å²) in [6.07, 6.45) is 1.69. The lowest BCUT2D eigenvalue weighted by molar-refractivity contribution is -0.120. The van der Waals surface area contributed by atoms with Gasteiger partial charge >= 0.3 is 0 Å². The molecule has 164 valence electrons. The number of hydrogen-bond donors (Lipinski definition) is 1. The van der Waals surface area contributed by atoms with Crippen LogP contribution in [0.5, 0.6) is 5.75 Å². The molecule has 1 saturated heterocycles. The van der Waals surface area contributed by atoms with Crippen molar-refractivity contribution in [1.29, 1.82) is 0 Å². The number of carbonyl (C=O) groups excluding carboxylic acids is 2. The summed E-state index contributed by atoms with van der Waals surface area (Å²) in [6.45, 7) is 0.799. The summed E-state index contributed by atoms with van der Waals surface area (Å²) in [5.74, 6) is 0.255. The van der Waals surface area contributed by atoms with Crippen molar-refractivity contribution in [3.63, 3.8) is 0 Å². The number of hydrogen-bond acceptors (Lipinski definition) is 6. The van der Waals surface area contributed by atoms with Crippen molar-refractivity contribution < 1.29 is 22.7 Å². The number of thioether (sulfide) groups is 1. The van der Waals surface area contributed by atoms with E-state index in [1.807, 2.05) is 0 Å². The maximum absolute atomic E-state index is 13.0. The van der Waals surface area contributed by atoms with E-state index in [0.29, 0.717) is 30.2 Å². The second kappa shape index (κ2) is 8.89. The predicted molar refractivity (Wildman–Crippen MR) is 119 cm³/mol. The van der Waals surface area contributed by atoms with Crippen molar-refractivity contribution in [2.24, 2.45) is 0 Å². The minimum atomic E-state index is -3.62. The Morgan fingerprint density at radius 1 is 1.13 bits per heavy atom. The molecule has 2 aliphatic heterocycles. The fraction of sp³-hybridized carbons (Fsp3) is 0.333. The first-order valence-corrected chi connectivity index (χ1v) is 12.3. The third kappa shape index (κ3) is 4.56. The van der Waals surface area contributed by atoms with E-state index >= 15 is 0 Å². The Hall–Kier alpha value is -2.56. The zero-order valence-electron chi connectivity index (χ0n) is 17.0. The summed E-state index contributed by atoms with van der Waals surface area (Å²) < 4.78 is 32.5. The fourth-order valence-electron chi connectivity index (χ4n) is 3.61. The summed E-state index contributed by atoms with van der Waals surface area (Å²) >= 11 is 1.34. The quantitative estimate of drug-likeness (QED) is 0.710. The van der Waals surface area contributed by atoms with Crippen LogP contribution in [0, 0.1) is 0 Å². The SMILES string of the molecule is COc1ccc(NC(=O)CN2C(=O)CSc3ccc(S(=O)(=O)N4CCCC4)cc32)cc1. The van der Waals surface area contributed by atoms with Crippen LogP contribution in [0.4, 0.5) is 11.4 Å². The maximum atomic E-state index is 13.0. The highest BCUT2D eigenvalue weighted by atomic mass is 32.2. The van der Waals surface area contributed by atoms with E-state index in [1.54, 1.807) is 43.5 Å². The third-order valence-electron chi connectivity index (χ3n) is 5.25. The number of amides is 2. The van der Waals surface area contributed by atoms with Crippen molar-refractivity contribution in [3.05, 3.63) is 42.5 Å². The van der Waals surface area contributed by atoms with Gasteiger partial charge in [-0.3, -0.25) is 9.59 Å². The van der Waals surface area contributed by atoms with Gasteiger partial charge in [0.1, 0.15) is 12.3 Å². The number of benzene rings is 2. The van der Waals surface area contributed by atoms with E-state index < -0.39 is 10.0 Å². The predicted octanol–water partition coefficient (Wildman–Crippen LogP) is 2.56. The van der Waals surface area contributed by atoms with Crippen LogP contribution in [0.2, 0.25) is 0 Å². The molecule has 2 aromatic carbocycles. The summed E-state index contributed by atoms with van der Waals surface area (Å²) in [5, 5.41) is 2.76. The van der Waals surface area contributed by atoms with Gasteiger partial charge in [0.05, 0.1) is 23.4 Å². The zero-order valence-corrected chi connectivity index (χ0v) is 18.7. The number of ether oxygens (including phenoxy) is 1. The number of nitrogens with one attached hydrogen (secondary N) is 1. The van der Waals surface area contributed by atoms with Gasteiger partial charge in [-0.25, -0.2) is 8.42 Å². The summed E-state index contributed by atoms with van der Waals surface area (Å²) in [7, 11) is -2.06. The van der Waals surface area contributed by atoms with Crippen LogP contribution in [0.3, 0.4) is 0 Å². The third-order valence-corrected chi connectivity index (χ3v) is 8.19. The van der Waals surface area contributed by atoms with E-state index in [0.717, 1.165) is 17.7 Å². The van der Waals surface area contributed by atoms with Crippen LogP contribution in [0.1, 0.15) is 12.8 Å². The van der Waals surface area contributed by atoms with Crippen molar-refractivity contribution in [2.75, 3.05) is 42.7 Å². The van der Waals surface area contributed by atoms with E-state index in [-0.39, 0.29) is 29.0 Å². The molecule has 10 heteroatoms. The minimum Gasteiger partial charge on any atom is -0.497 e. The van der Waals surface area contributed by atoms with Gasteiger partial charge in [0.2, 0.25) is 21.8 Å². The molecule has 2 aromatic rings. The first-order valence-electron chi connectivity index (χ1n) is 9.90. The Morgan fingerprint density at radius 2 is 1.84 bits per heavy atom. The number of carbonyl (C=O) groups is 2. The molecule has 0 aliphatic carbocycles. The molecule has 2 amide bonds. The average Bonchev–Trinajstić information content (AvgIpc) is 3.32. The lowest BCUT2D eigenvalue weighted by Crippen LogP contribution is -2.41. The standard InChI is InChI=1S/C21H23N3O5S2/c1-29-16-6-4-15(5-7-16)22-20(25)13-24-18-12-17(8-9-19(18)30-14-21(24)26)31(27,28)23-10-2-3-11-23/h4-9,12H,2-3,10-11,13-14H2,1H3,(H,22,25).